The molecule has 5 aromatic rings. The Labute approximate surface area is 782 Å². The Bertz CT molecular complexity index is 5050. The first-order valence-electron chi connectivity index (χ1n) is 45.8. The van der Waals surface area contributed by atoms with Gasteiger partial charge in [0.25, 0.3) is 0 Å². The van der Waals surface area contributed by atoms with E-state index in [2.05, 4.69) is 68.5 Å². The highest BCUT2D eigenvalue weighted by atomic mass is 32.2. The number of para-hydroxylation sites is 2. The van der Waals surface area contributed by atoms with Crippen LogP contribution in [0.3, 0.4) is 0 Å². The summed E-state index contributed by atoms with van der Waals surface area (Å²) in [5.74, 6) is -17.0. The van der Waals surface area contributed by atoms with Crippen molar-refractivity contribution in [3.05, 3.63) is 102 Å². The number of hydrogen-bond donors (Lipinski definition) is 17. The number of aromatic amines is 2. The molecule has 0 spiro atoms. The number of carbonyl (C=O) groups excluding carboxylic acids is 18. The molecule has 0 bridgehead atoms. The molecular weight excluding hydrogens is 1750 g/mol. The van der Waals surface area contributed by atoms with E-state index in [1.54, 1.807) is 76.5 Å². The van der Waals surface area contributed by atoms with Crippen molar-refractivity contribution in [2.45, 2.75) is 236 Å². The van der Waals surface area contributed by atoms with Gasteiger partial charge in [0.15, 0.2) is 0 Å². The van der Waals surface area contributed by atoms with Crippen LogP contribution in [0.1, 0.15) is 149 Å². The lowest BCUT2D eigenvalue weighted by Gasteiger charge is -2.36. The number of benzene rings is 3. The summed E-state index contributed by atoms with van der Waals surface area (Å²) < 4.78 is 0. The number of nitrogens with two attached hydrogens (primary N) is 2. The van der Waals surface area contributed by atoms with Gasteiger partial charge in [-0.3, -0.25) is 86.3 Å². The number of thioether (sulfide) groups is 1. The number of nitrogens with zero attached hydrogens (tertiary/aromatic N) is 6. The molecule has 19 N–H and O–H groups in total. The molecule has 0 radical (unpaired) electrons. The number of H-pyrrole nitrogens is 2. The van der Waals surface area contributed by atoms with E-state index in [4.69, 9.17) is 11.5 Å². The van der Waals surface area contributed by atoms with Crippen LogP contribution in [0.4, 0.5) is 0 Å². The first-order chi connectivity index (χ1) is 63.8. The monoisotopic (exact) mass is 1880 g/mol. The second kappa shape index (κ2) is 49.8. The molecule has 3 aromatic carbocycles. The number of primary amides is 1. The van der Waals surface area contributed by atoms with Crippen LogP contribution in [-0.4, -0.2) is 326 Å². The van der Waals surface area contributed by atoms with Crippen molar-refractivity contribution < 1.29 is 96.5 Å². The first kappa shape index (κ1) is 105. The molecule has 4 fully saturated rings. The Morgan fingerprint density at radius 1 is 0.537 bits per heavy atom. The Morgan fingerprint density at radius 2 is 1.09 bits per heavy atom. The molecule has 2 aromatic heterocycles. The quantitative estimate of drug-likeness (QED) is 0.0326. The number of aromatic nitrogens is 2. The van der Waals surface area contributed by atoms with Crippen molar-refractivity contribution in [1.82, 2.24) is 97.9 Å². The average Bonchev–Trinajstić information content (AvgIpc) is 1.60. The van der Waals surface area contributed by atoms with Gasteiger partial charge in [0.2, 0.25) is 106 Å². The maximum absolute atomic E-state index is 15.7. The zero-order valence-corrected chi connectivity index (χ0v) is 78.5. The minimum atomic E-state index is -1.76. The van der Waals surface area contributed by atoms with Crippen LogP contribution in [0.15, 0.2) is 85.2 Å². The lowest BCUT2D eigenvalue weighted by molar-refractivity contribution is -0.149. The van der Waals surface area contributed by atoms with Crippen molar-refractivity contribution in [1.29, 1.82) is 0 Å². The summed E-state index contributed by atoms with van der Waals surface area (Å²) in [6.07, 6.45) is 2.97. The SMILES string of the molecule is CCCCC[C@H]1C(=O)N[C@@H](CC(C)C)C(=O)N[C@H](C(=O)NCC(=O)N2CCNC(=O)C2)CSCC(=O)N[C@@H](Cc2ccc(O)cc2)C(=O)N(C)[C@@H](C)C(=O)N[C@@H](CC(N)=O)C(=O)N2CCC[C@H]2C(=O)N[C@@H](CN)C(=O)N[C@@H](CC(C)C)C(=O)N2C[C@H](O)C[C@H]2C(=O)N[C@@H](Cc2c[nH]c3ccccc23)C(=O)NCC(=O)NC(Cc2c[nH]c3ccccc23)C(=O)N(C)[C@@H](CCCC)C(=O)N1C. The van der Waals surface area contributed by atoms with E-state index in [9.17, 15) is 67.7 Å². The van der Waals surface area contributed by atoms with Gasteiger partial charge in [-0.15, -0.1) is 11.8 Å². The number of unbranched alkanes of at least 4 members (excludes halogenated alkanes) is 3. The second-order valence-electron chi connectivity index (χ2n) is 35.7. The molecule has 4 aliphatic heterocycles. The molecular formula is C92H131N21O20S. The fourth-order valence-corrected chi connectivity index (χ4v) is 17.9. The van der Waals surface area contributed by atoms with Gasteiger partial charge < -0.3 is 120 Å². The Morgan fingerprint density at radius 3 is 1.72 bits per heavy atom. The van der Waals surface area contributed by atoms with Crippen molar-refractivity contribution in [2.75, 3.05) is 85.0 Å². The maximum Gasteiger partial charge on any atom is 0.246 e. The molecule has 4 saturated heterocycles. The normalized spacial score (nSPS) is 25.1. The zero-order valence-electron chi connectivity index (χ0n) is 77.7. The molecule has 18 amide bonds. The largest absolute Gasteiger partial charge is 0.508 e. The summed E-state index contributed by atoms with van der Waals surface area (Å²) in [6.45, 7) is 9.56. The number of aliphatic hydroxyl groups is 1. The van der Waals surface area contributed by atoms with Crippen molar-refractivity contribution in [2.24, 2.45) is 23.3 Å². The first-order valence-corrected chi connectivity index (χ1v) is 47.0. The standard InChI is InChI=1S/C92H131N21O20S/c1-11-13-15-26-71-85(126)102-63(35-51(3)4)83(124)107-70(82(123)99-46-79(120)111-34-32-95-77(118)48-111)49-134-50-78(119)101-66(37-54-28-30-57(114)31-29-54)88(129)108(8)53(7)80(121)104-68(41-75(94)116)90(131)112-33-20-27-72(112)86(127)106-69(42-93)84(125)105-65(36-52(5)6)91(132)113-47-58(115)40-74(113)87(128)103-64(38-55-43-96-61-23-18-16-21-59(55)61)81(122)98-45-76(117)100-67(39-56-44-97-62-24-19-17-22-60(56)62)89(130)110(10)73(25-14-12-2)92(133)109(71)9/h16-19,21-24,28-31,43-44,51-53,58,63-74,96-97,114-115H,11-15,20,25-27,32-42,45-50,93H2,1-10H3,(H2,94,116)(H,95,118)(H,98,122)(H,99,123)(H,100,117)(H,101,119)(H,102,126)(H,103,128)(H,104,121)(H,105,125)(H,106,127)(H,107,124)/t53-,58+,63-,64-,65-,66-,67?,68-,69-,70-,71-,72-,73-,74-/m0/s1. The van der Waals surface area contributed by atoms with Crippen LogP contribution in [0.25, 0.3) is 21.8 Å². The third-order valence-corrected chi connectivity index (χ3v) is 25.6. The van der Waals surface area contributed by atoms with E-state index in [-0.39, 0.29) is 108 Å². The predicted octanol–water partition coefficient (Wildman–Crippen LogP) is -1.65. The number of carbonyl (C=O) groups is 18. The molecule has 0 aliphatic carbocycles. The number of hydrogen-bond acceptors (Lipinski definition) is 22. The third kappa shape index (κ3) is 28.9. The van der Waals surface area contributed by atoms with Gasteiger partial charge in [-0.25, -0.2) is 0 Å². The van der Waals surface area contributed by atoms with Crippen molar-refractivity contribution in [3.8, 4) is 5.75 Å². The number of likely N-dealkylation sites (N-methyl/N-ethyl adjacent to an activating group) is 3. The van der Waals surface area contributed by atoms with E-state index in [0.29, 0.717) is 70.6 Å². The van der Waals surface area contributed by atoms with Crippen LogP contribution in [0.5, 0.6) is 5.75 Å². The molecule has 41 nitrogen and oxygen atoms in total. The highest BCUT2D eigenvalue weighted by Gasteiger charge is 2.47. The minimum absolute atomic E-state index is 0.00440. The molecule has 6 heterocycles. The number of phenols is 1. The summed E-state index contributed by atoms with van der Waals surface area (Å²) in [7, 11) is 4.04. The number of rotatable bonds is 23. The topological polar surface area (TPSA) is 583 Å². The van der Waals surface area contributed by atoms with Gasteiger partial charge in [-0.2, -0.15) is 0 Å². The molecule has 14 atom stereocenters. The summed E-state index contributed by atoms with van der Waals surface area (Å²) >= 11 is 0.803. The highest BCUT2D eigenvalue weighted by molar-refractivity contribution is 8.00. The average molecular weight is 1880 g/mol. The number of aromatic hydroxyl groups is 1. The lowest BCUT2D eigenvalue weighted by Crippen LogP contribution is -2.61. The van der Waals surface area contributed by atoms with Crippen molar-refractivity contribution in [3.63, 3.8) is 0 Å². The van der Waals surface area contributed by atoms with E-state index >= 15 is 28.8 Å². The van der Waals surface area contributed by atoms with E-state index in [0.717, 1.165) is 26.5 Å². The summed E-state index contributed by atoms with van der Waals surface area (Å²) in [6, 6.07) is 0.701. The van der Waals surface area contributed by atoms with E-state index in [1.807, 2.05) is 26.0 Å². The fourth-order valence-electron chi connectivity index (χ4n) is 17.0. The van der Waals surface area contributed by atoms with Crippen LogP contribution in [0, 0.1) is 11.8 Å². The van der Waals surface area contributed by atoms with Gasteiger partial charge in [0.1, 0.15) is 84.3 Å². The van der Waals surface area contributed by atoms with E-state index < -0.39 is 235 Å². The lowest BCUT2D eigenvalue weighted by atomic mass is 9.99. The van der Waals surface area contributed by atoms with Crippen LogP contribution < -0.4 is 70.0 Å². The predicted molar refractivity (Wildman–Crippen MR) is 496 cm³/mol. The van der Waals surface area contributed by atoms with Crippen molar-refractivity contribution >= 4 is 140 Å². The Kier molecular flexibility index (Phi) is 39.0. The third-order valence-electron chi connectivity index (χ3n) is 24.5. The minimum Gasteiger partial charge on any atom is -0.508 e. The maximum atomic E-state index is 15.7. The molecule has 0 saturated carbocycles. The Hall–Kier alpha value is -12.7. The van der Waals surface area contributed by atoms with Gasteiger partial charge in [0.05, 0.1) is 37.9 Å². The fraction of sp³-hybridized carbons (Fsp3) is 0.565. The number of piperazine rings is 1. The summed E-state index contributed by atoms with van der Waals surface area (Å²) in [5, 5.41) is 52.4. The zero-order chi connectivity index (χ0) is 97.9. The number of nitrogens with one attached hydrogen (secondary N) is 13. The van der Waals surface area contributed by atoms with Gasteiger partial charge in [-0.1, -0.05) is 122 Å². The van der Waals surface area contributed by atoms with Gasteiger partial charge in [0, 0.05) is 120 Å². The molecule has 42 heteroatoms. The smallest absolute Gasteiger partial charge is 0.246 e. The van der Waals surface area contributed by atoms with Gasteiger partial charge in [-0.05, 0) is 98.2 Å². The van der Waals surface area contributed by atoms with Gasteiger partial charge >= 0.3 is 0 Å². The molecule has 1 unspecified atom stereocenters. The second-order valence-corrected chi connectivity index (χ2v) is 36.7. The van der Waals surface area contributed by atoms with Crippen LogP contribution in [0.2, 0.25) is 0 Å². The summed E-state index contributed by atoms with van der Waals surface area (Å²) in [5.41, 5.74) is 14.8. The summed E-state index contributed by atoms with van der Waals surface area (Å²) in [4.78, 5) is 276. The van der Waals surface area contributed by atoms with E-state index in [1.165, 1.54) is 67.0 Å². The molecule has 134 heavy (non-hydrogen) atoms. The van der Waals surface area contributed by atoms with Crippen LogP contribution >= 0.6 is 11.8 Å². The molecule has 4 aliphatic rings. The molecule has 9 rings (SSSR count). The highest BCUT2D eigenvalue weighted by Crippen LogP contribution is 2.28. The number of phenolic OH excluding ortho intramolecular Hbond substituents is 1. The Balaban J connectivity index is 1.07. The molecule has 730 valence electrons. The van der Waals surface area contributed by atoms with Crippen LogP contribution in [-0.2, 0) is 106 Å². The number of amides is 18. The number of aliphatic hydroxyl groups excluding tert-OH is 1. The number of fused-ring (bicyclic) bond motifs is 4.